The van der Waals surface area contributed by atoms with Crippen LogP contribution in [0, 0.1) is 0 Å². The lowest BCUT2D eigenvalue weighted by atomic mass is 10.1. The van der Waals surface area contributed by atoms with Gasteiger partial charge in [-0.15, -0.1) is 0 Å². The molecule has 0 heterocycles. The first-order valence-corrected chi connectivity index (χ1v) is 8.30. The van der Waals surface area contributed by atoms with Crippen molar-refractivity contribution < 1.29 is 9.59 Å². The number of carbonyl (C=O) groups is 2. The molecule has 0 saturated carbocycles. The maximum absolute atomic E-state index is 11.9. The van der Waals surface area contributed by atoms with Gasteiger partial charge in [0.2, 0.25) is 11.8 Å². The predicted octanol–water partition coefficient (Wildman–Crippen LogP) is 2.47. The van der Waals surface area contributed by atoms with Gasteiger partial charge in [0.15, 0.2) is 0 Å². The Morgan fingerprint density at radius 2 is 1.48 bits per heavy atom. The zero-order valence-corrected chi connectivity index (χ0v) is 14.4. The minimum absolute atomic E-state index is 0.102. The van der Waals surface area contributed by atoms with Crippen LogP contribution in [0.4, 0.5) is 0 Å². The highest BCUT2D eigenvalue weighted by Gasteiger charge is 2.05. The Kier molecular flexibility index (Phi) is 7.38. The van der Waals surface area contributed by atoms with Gasteiger partial charge in [-0.2, -0.15) is 5.10 Å². The Morgan fingerprint density at radius 1 is 0.880 bits per heavy atom. The van der Waals surface area contributed by atoms with E-state index in [2.05, 4.69) is 15.8 Å². The number of hydrogen-bond donors (Lipinski definition) is 2. The van der Waals surface area contributed by atoms with Gasteiger partial charge in [-0.1, -0.05) is 60.7 Å². The Labute approximate surface area is 148 Å². The highest BCUT2D eigenvalue weighted by atomic mass is 16.2. The van der Waals surface area contributed by atoms with E-state index in [1.165, 1.54) is 5.56 Å². The van der Waals surface area contributed by atoms with Crippen molar-refractivity contribution in [2.75, 3.05) is 6.54 Å². The second kappa shape index (κ2) is 10.0. The largest absolute Gasteiger partial charge is 0.355 e. The Hall–Kier alpha value is -2.95. The summed E-state index contributed by atoms with van der Waals surface area (Å²) in [6.07, 6.45) is 1.22. The fraction of sp³-hybridized carbons (Fsp3) is 0.250. The van der Waals surface area contributed by atoms with Crippen molar-refractivity contribution in [1.29, 1.82) is 0 Å². The minimum Gasteiger partial charge on any atom is -0.355 e. The van der Waals surface area contributed by atoms with Crippen LogP contribution in [0.2, 0.25) is 0 Å². The molecule has 0 aromatic heterocycles. The molecular formula is C20H23N3O2. The number of nitrogens with one attached hydrogen (secondary N) is 2. The fourth-order valence-electron chi connectivity index (χ4n) is 2.30. The van der Waals surface area contributed by atoms with Crippen molar-refractivity contribution in [3.63, 3.8) is 0 Å². The van der Waals surface area contributed by atoms with Crippen LogP contribution in [0.3, 0.4) is 0 Å². The molecule has 0 saturated heterocycles. The quantitative estimate of drug-likeness (QED) is 0.574. The number of rotatable bonds is 8. The molecule has 2 rings (SSSR count). The first kappa shape index (κ1) is 18.4. The van der Waals surface area contributed by atoms with Gasteiger partial charge in [0.1, 0.15) is 0 Å². The highest BCUT2D eigenvalue weighted by Crippen LogP contribution is 2.00. The van der Waals surface area contributed by atoms with Gasteiger partial charge >= 0.3 is 0 Å². The summed E-state index contributed by atoms with van der Waals surface area (Å²) >= 11 is 0. The van der Waals surface area contributed by atoms with E-state index in [1.54, 1.807) is 6.92 Å². The van der Waals surface area contributed by atoms with E-state index in [0.29, 0.717) is 12.3 Å². The molecule has 5 nitrogen and oxygen atoms in total. The van der Waals surface area contributed by atoms with Crippen molar-refractivity contribution in [2.45, 2.75) is 26.2 Å². The number of amides is 2. The molecule has 0 atom stereocenters. The fourth-order valence-corrected chi connectivity index (χ4v) is 2.30. The first-order chi connectivity index (χ1) is 12.1. The lowest BCUT2D eigenvalue weighted by Crippen LogP contribution is -2.28. The standard InChI is InChI=1S/C20H23N3O2/c1-16(22-23-20(25)15-18-10-6-3-7-11-18)14-19(24)21-13-12-17-8-4-2-5-9-17/h2-11H,12-15H2,1H3,(H,21,24)(H,23,25). The summed E-state index contributed by atoms with van der Waals surface area (Å²) in [5.74, 6) is -0.301. The van der Waals surface area contributed by atoms with Crippen molar-refractivity contribution >= 4 is 17.5 Å². The molecule has 0 aliphatic heterocycles. The van der Waals surface area contributed by atoms with Crippen molar-refractivity contribution in [3.8, 4) is 0 Å². The maximum Gasteiger partial charge on any atom is 0.244 e. The van der Waals surface area contributed by atoms with Crippen molar-refractivity contribution in [2.24, 2.45) is 5.10 Å². The molecule has 0 aliphatic carbocycles. The van der Waals surface area contributed by atoms with E-state index in [0.717, 1.165) is 12.0 Å². The van der Waals surface area contributed by atoms with Crippen LogP contribution in [-0.4, -0.2) is 24.1 Å². The normalized spacial score (nSPS) is 11.0. The molecule has 2 N–H and O–H groups in total. The first-order valence-electron chi connectivity index (χ1n) is 8.30. The number of benzene rings is 2. The van der Waals surface area contributed by atoms with Crippen LogP contribution in [0.15, 0.2) is 65.8 Å². The third-order valence-corrected chi connectivity index (χ3v) is 3.57. The van der Waals surface area contributed by atoms with Crippen LogP contribution >= 0.6 is 0 Å². The SMILES string of the molecule is CC(CC(=O)NCCc1ccccc1)=NNC(=O)Cc1ccccc1. The summed E-state index contributed by atoms with van der Waals surface area (Å²) in [4.78, 5) is 23.7. The van der Waals surface area contributed by atoms with E-state index in [4.69, 9.17) is 0 Å². The van der Waals surface area contributed by atoms with E-state index in [9.17, 15) is 9.59 Å². The average molecular weight is 337 g/mol. The smallest absolute Gasteiger partial charge is 0.244 e. The molecular weight excluding hydrogens is 314 g/mol. The Morgan fingerprint density at radius 3 is 2.12 bits per heavy atom. The topological polar surface area (TPSA) is 70.6 Å². The molecule has 2 aromatic rings. The van der Waals surface area contributed by atoms with Crippen molar-refractivity contribution in [1.82, 2.24) is 10.7 Å². The third-order valence-electron chi connectivity index (χ3n) is 3.57. The van der Waals surface area contributed by atoms with Gasteiger partial charge in [0.25, 0.3) is 0 Å². The lowest BCUT2D eigenvalue weighted by Gasteiger charge is -2.06. The highest BCUT2D eigenvalue weighted by molar-refractivity contribution is 6.00. The van der Waals surface area contributed by atoms with E-state index in [1.807, 2.05) is 60.7 Å². The van der Waals surface area contributed by atoms with Crippen LogP contribution in [-0.2, 0) is 22.4 Å². The summed E-state index contributed by atoms with van der Waals surface area (Å²) in [7, 11) is 0. The number of hydrogen-bond acceptors (Lipinski definition) is 3. The van der Waals surface area contributed by atoms with Gasteiger partial charge < -0.3 is 5.32 Å². The average Bonchev–Trinajstić information content (AvgIpc) is 2.62. The van der Waals surface area contributed by atoms with E-state index in [-0.39, 0.29) is 24.7 Å². The van der Waals surface area contributed by atoms with Gasteiger partial charge in [0.05, 0.1) is 12.8 Å². The summed E-state index contributed by atoms with van der Waals surface area (Å²) in [6, 6.07) is 19.4. The van der Waals surface area contributed by atoms with Gasteiger partial charge in [-0.3, -0.25) is 9.59 Å². The van der Waals surface area contributed by atoms with Gasteiger partial charge in [-0.25, -0.2) is 5.43 Å². The molecule has 0 fully saturated rings. The van der Waals surface area contributed by atoms with Crippen LogP contribution in [0.5, 0.6) is 0 Å². The maximum atomic E-state index is 11.9. The molecule has 0 radical (unpaired) electrons. The van der Waals surface area contributed by atoms with E-state index >= 15 is 0 Å². The minimum atomic E-state index is -0.199. The Balaban J connectivity index is 1.67. The molecule has 0 unspecified atom stereocenters. The number of hydrazone groups is 1. The molecule has 0 aliphatic rings. The summed E-state index contributed by atoms with van der Waals surface area (Å²) in [5, 5.41) is 6.84. The summed E-state index contributed by atoms with van der Waals surface area (Å²) in [5.41, 5.74) is 5.16. The summed E-state index contributed by atoms with van der Waals surface area (Å²) < 4.78 is 0. The molecule has 0 bridgehead atoms. The van der Waals surface area contributed by atoms with Gasteiger partial charge in [0, 0.05) is 12.3 Å². The van der Waals surface area contributed by atoms with E-state index < -0.39 is 0 Å². The summed E-state index contributed by atoms with van der Waals surface area (Å²) in [6.45, 7) is 2.30. The molecule has 25 heavy (non-hydrogen) atoms. The van der Waals surface area contributed by atoms with Crippen LogP contribution in [0.25, 0.3) is 0 Å². The molecule has 2 aromatic carbocycles. The van der Waals surface area contributed by atoms with Crippen molar-refractivity contribution in [3.05, 3.63) is 71.8 Å². The molecule has 2 amide bonds. The molecule has 0 spiro atoms. The zero-order chi connectivity index (χ0) is 17.9. The second-order valence-corrected chi connectivity index (χ2v) is 5.81. The number of nitrogens with zero attached hydrogens (tertiary/aromatic N) is 1. The Bertz CT molecular complexity index is 712. The second-order valence-electron chi connectivity index (χ2n) is 5.81. The monoisotopic (exact) mass is 337 g/mol. The third kappa shape index (κ3) is 7.44. The van der Waals surface area contributed by atoms with Gasteiger partial charge in [-0.05, 0) is 24.5 Å². The molecule has 5 heteroatoms. The lowest BCUT2D eigenvalue weighted by molar-refractivity contribution is -0.121. The van der Waals surface area contributed by atoms with Crippen LogP contribution < -0.4 is 10.7 Å². The molecule has 130 valence electrons. The van der Waals surface area contributed by atoms with Crippen LogP contribution in [0.1, 0.15) is 24.5 Å². The zero-order valence-electron chi connectivity index (χ0n) is 14.4. The number of carbonyl (C=O) groups excluding carboxylic acids is 2. The predicted molar refractivity (Wildman–Crippen MR) is 99.2 cm³/mol.